The Bertz CT molecular complexity index is 561. The lowest BCUT2D eigenvalue weighted by Gasteiger charge is -2.32. The Morgan fingerprint density at radius 3 is 2.15 bits per heavy atom. The molecule has 146 valence electrons. The van der Waals surface area contributed by atoms with Crippen LogP contribution in [-0.2, 0) is 20.7 Å². The van der Waals surface area contributed by atoms with Gasteiger partial charge in [0.25, 0.3) is 0 Å². The first kappa shape index (κ1) is 21.6. The van der Waals surface area contributed by atoms with Gasteiger partial charge < -0.3 is 18.6 Å². The van der Waals surface area contributed by atoms with Crippen molar-refractivity contribution in [2.45, 2.75) is 76.8 Å². The van der Waals surface area contributed by atoms with Crippen LogP contribution in [0.1, 0.15) is 54.9 Å². The van der Waals surface area contributed by atoms with Crippen molar-refractivity contribution in [3.63, 3.8) is 0 Å². The van der Waals surface area contributed by atoms with E-state index in [9.17, 15) is 4.55 Å². The second-order valence-corrected chi connectivity index (χ2v) is 10.7. The number of ether oxygens (including phenoxy) is 1. The van der Waals surface area contributed by atoms with E-state index in [0.29, 0.717) is 13.0 Å². The van der Waals surface area contributed by atoms with E-state index in [0.717, 1.165) is 5.75 Å². The minimum absolute atomic E-state index is 0.236. The lowest BCUT2D eigenvalue weighted by atomic mass is 9.77. The van der Waals surface area contributed by atoms with E-state index >= 15 is 0 Å². The van der Waals surface area contributed by atoms with Crippen LogP contribution >= 0.6 is 0 Å². The standard InChI is InChI=1S/C19H32BNO4S/c1-17(2,3)26(22)21-16(13-14-23-15-11-9-8-10-12-15)20-24-18(4,5)19(6,7)25-20/h8-12,16,21H,13-14H2,1-7H3/t16-,26+/m0/s1. The van der Waals surface area contributed by atoms with Crippen molar-refractivity contribution in [2.24, 2.45) is 0 Å². The smallest absolute Gasteiger partial charge is 0.480 e. The van der Waals surface area contributed by atoms with Crippen molar-refractivity contribution in [3.8, 4) is 5.75 Å². The van der Waals surface area contributed by atoms with Crippen LogP contribution in [0.25, 0.3) is 0 Å². The first-order valence-corrected chi connectivity index (χ1v) is 10.3. The maximum Gasteiger partial charge on any atom is 0.480 e. The topological polar surface area (TPSA) is 62.8 Å². The highest BCUT2D eigenvalue weighted by Gasteiger charge is 2.55. The zero-order valence-corrected chi connectivity index (χ0v) is 17.8. The number of rotatable bonds is 7. The van der Waals surface area contributed by atoms with E-state index < -0.39 is 29.7 Å². The van der Waals surface area contributed by atoms with Crippen molar-refractivity contribution < 1.29 is 18.6 Å². The van der Waals surface area contributed by atoms with Crippen molar-refractivity contribution in [3.05, 3.63) is 30.3 Å². The number of nitrogens with one attached hydrogen (secondary N) is 1. The molecule has 1 heterocycles. The summed E-state index contributed by atoms with van der Waals surface area (Å²) in [7, 11) is -0.481. The minimum Gasteiger partial charge on any atom is -0.598 e. The Hall–Kier alpha value is -0.725. The van der Waals surface area contributed by atoms with Crippen molar-refractivity contribution in [1.29, 1.82) is 0 Å². The predicted molar refractivity (Wildman–Crippen MR) is 107 cm³/mol. The summed E-state index contributed by atoms with van der Waals surface area (Å²) in [5, 5.41) is 0. The number of para-hydroxylation sites is 1. The Morgan fingerprint density at radius 2 is 1.65 bits per heavy atom. The SMILES string of the molecule is CC(C)(C)[S@@+]([O-])N[C@@H](CCOc1ccccc1)B1OC(C)(C)C(C)(C)O1. The molecule has 0 aromatic heterocycles. The summed E-state index contributed by atoms with van der Waals surface area (Å²) in [6, 6.07) is 9.67. The molecule has 1 aromatic carbocycles. The Labute approximate surface area is 161 Å². The van der Waals surface area contributed by atoms with Crippen molar-refractivity contribution >= 4 is 18.5 Å². The number of benzene rings is 1. The summed E-state index contributed by atoms with van der Waals surface area (Å²) < 4.78 is 33.6. The lowest BCUT2D eigenvalue weighted by Crippen LogP contribution is -2.52. The maximum absolute atomic E-state index is 12.6. The lowest BCUT2D eigenvalue weighted by molar-refractivity contribution is 0.00578. The molecule has 2 rings (SSSR count). The van der Waals surface area contributed by atoms with Crippen LogP contribution in [0.2, 0.25) is 0 Å². The van der Waals surface area contributed by atoms with Crippen LogP contribution in [0, 0.1) is 0 Å². The third-order valence-corrected chi connectivity index (χ3v) is 6.48. The highest BCUT2D eigenvalue weighted by Crippen LogP contribution is 2.38. The van der Waals surface area contributed by atoms with Gasteiger partial charge in [-0.05, 0) is 67.0 Å². The second kappa shape index (κ2) is 8.11. The molecule has 0 unspecified atom stereocenters. The average Bonchev–Trinajstić information content (AvgIpc) is 2.74. The molecule has 26 heavy (non-hydrogen) atoms. The molecule has 0 aliphatic carbocycles. The number of hydrogen-bond acceptors (Lipinski definition) is 5. The van der Waals surface area contributed by atoms with E-state index in [-0.39, 0.29) is 10.7 Å². The van der Waals surface area contributed by atoms with Crippen molar-refractivity contribution in [2.75, 3.05) is 6.61 Å². The summed E-state index contributed by atoms with van der Waals surface area (Å²) in [5.41, 5.74) is -0.859. The third kappa shape index (κ3) is 5.39. The molecule has 7 heteroatoms. The molecule has 0 saturated carbocycles. The fourth-order valence-electron chi connectivity index (χ4n) is 2.44. The van der Waals surface area contributed by atoms with Gasteiger partial charge in [0.1, 0.15) is 10.5 Å². The zero-order valence-electron chi connectivity index (χ0n) is 17.0. The first-order valence-electron chi connectivity index (χ1n) is 9.14. The van der Waals surface area contributed by atoms with Crippen LogP contribution in [0.3, 0.4) is 0 Å². The van der Waals surface area contributed by atoms with Gasteiger partial charge in [-0.1, -0.05) is 18.2 Å². The molecule has 0 bridgehead atoms. The summed E-state index contributed by atoms with van der Waals surface area (Å²) >= 11 is -1.23. The quantitative estimate of drug-likeness (QED) is 0.579. The Kier molecular flexibility index (Phi) is 6.73. The Morgan fingerprint density at radius 1 is 1.12 bits per heavy atom. The molecule has 1 aliphatic rings. The van der Waals surface area contributed by atoms with E-state index in [4.69, 9.17) is 14.0 Å². The molecule has 1 aromatic rings. The van der Waals surface area contributed by atoms with Gasteiger partial charge in [-0.15, -0.1) is 4.72 Å². The summed E-state index contributed by atoms with van der Waals surface area (Å²) in [6.45, 7) is 14.4. The molecule has 0 amide bonds. The molecule has 1 saturated heterocycles. The normalized spacial score (nSPS) is 21.5. The molecule has 1 N–H and O–H groups in total. The van der Waals surface area contributed by atoms with Gasteiger partial charge >= 0.3 is 7.12 Å². The molecule has 2 atom stereocenters. The zero-order chi connectivity index (χ0) is 19.6. The monoisotopic (exact) mass is 381 g/mol. The predicted octanol–water partition coefficient (Wildman–Crippen LogP) is 3.51. The highest BCUT2D eigenvalue weighted by atomic mass is 32.2. The van der Waals surface area contributed by atoms with Gasteiger partial charge in [0.05, 0.1) is 23.8 Å². The fourth-order valence-corrected chi connectivity index (χ4v) is 3.30. The first-order chi connectivity index (χ1) is 11.9. The van der Waals surface area contributed by atoms with E-state index in [1.807, 2.05) is 78.8 Å². The van der Waals surface area contributed by atoms with Crippen LogP contribution < -0.4 is 9.46 Å². The van der Waals surface area contributed by atoms with E-state index in [1.54, 1.807) is 0 Å². The van der Waals surface area contributed by atoms with Crippen LogP contribution in [0.15, 0.2) is 30.3 Å². The highest BCUT2D eigenvalue weighted by molar-refractivity contribution is 7.90. The van der Waals surface area contributed by atoms with Gasteiger partial charge in [-0.3, -0.25) is 0 Å². The van der Waals surface area contributed by atoms with E-state index in [1.165, 1.54) is 0 Å². The minimum atomic E-state index is -1.23. The molecule has 0 radical (unpaired) electrons. The molecule has 1 aliphatic heterocycles. The molecular formula is C19H32BNO4S. The van der Waals surface area contributed by atoms with Crippen molar-refractivity contribution in [1.82, 2.24) is 4.72 Å². The summed E-state index contributed by atoms with van der Waals surface area (Å²) in [4.78, 5) is 0. The molecule has 1 fully saturated rings. The maximum atomic E-state index is 12.6. The summed E-state index contributed by atoms with van der Waals surface area (Å²) in [6.07, 6.45) is 0.619. The van der Waals surface area contributed by atoms with Gasteiger partial charge in [0, 0.05) is 11.4 Å². The average molecular weight is 381 g/mol. The van der Waals surface area contributed by atoms with Gasteiger partial charge in [-0.2, -0.15) is 0 Å². The molecule has 5 nitrogen and oxygen atoms in total. The third-order valence-electron chi connectivity index (χ3n) is 4.86. The Balaban J connectivity index is 2.04. The number of hydrogen-bond donors (Lipinski definition) is 1. The summed E-state index contributed by atoms with van der Waals surface area (Å²) in [5.74, 6) is 0.580. The van der Waals surface area contributed by atoms with E-state index in [2.05, 4.69) is 4.72 Å². The van der Waals surface area contributed by atoms with Crippen LogP contribution in [0.4, 0.5) is 0 Å². The second-order valence-electron chi connectivity index (χ2n) is 8.68. The van der Waals surface area contributed by atoms with Gasteiger partial charge in [-0.25, -0.2) is 0 Å². The largest absolute Gasteiger partial charge is 0.598 e. The molecular weight excluding hydrogens is 349 g/mol. The van der Waals surface area contributed by atoms with Gasteiger partial charge in [0.15, 0.2) is 0 Å². The van der Waals surface area contributed by atoms with Gasteiger partial charge in [0.2, 0.25) is 0 Å². The fraction of sp³-hybridized carbons (Fsp3) is 0.684. The van der Waals surface area contributed by atoms with Crippen LogP contribution in [-0.4, -0.2) is 40.2 Å². The van der Waals surface area contributed by atoms with Crippen LogP contribution in [0.5, 0.6) is 5.75 Å². The molecule has 0 spiro atoms.